The van der Waals surface area contributed by atoms with Crippen molar-refractivity contribution < 1.29 is 21.6 Å². The van der Waals surface area contributed by atoms with Gasteiger partial charge in [-0.1, -0.05) is 32.1 Å². The largest absolute Gasteiger partial charge is 0.303 e. The maximum atomic E-state index is 14.3. The first-order valence-corrected chi connectivity index (χ1v) is 11.6. The molecule has 0 aliphatic rings. The summed E-state index contributed by atoms with van der Waals surface area (Å²) in [6.07, 6.45) is 7.06. The summed E-state index contributed by atoms with van der Waals surface area (Å²) in [5.41, 5.74) is -0.0401. The predicted octanol–water partition coefficient (Wildman–Crippen LogP) is 5.99. The Morgan fingerprint density at radius 1 is 1.23 bits per heavy atom. The summed E-state index contributed by atoms with van der Waals surface area (Å²) >= 11 is 0. The number of aromatic nitrogens is 2. The maximum Gasteiger partial charge on any atom is 0.293 e. The zero-order valence-corrected chi connectivity index (χ0v) is 18.6. The van der Waals surface area contributed by atoms with Gasteiger partial charge in [0.1, 0.15) is 11.5 Å². The number of allylic oxidation sites excluding steroid dienone is 3. The van der Waals surface area contributed by atoms with Gasteiger partial charge in [0.2, 0.25) is 0 Å². The topological polar surface area (TPSA) is 52.0 Å². The monoisotopic (exact) mass is 442 g/mol. The highest BCUT2D eigenvalue weighted by Gasteiger charge is 2.35. The van der Waals surface area contributed by atoms with Crippen LogP contribution < -0.4 is 0 Å². The highest BCUT2D eigenvalue weighted by Crippen LogP contribution is 2.34. The van der Waals surface area contributed by atoms with Crippen LogP contribution in [-0.2, 0) is 15.8 Å². The van der Waals surface area contributed by atoms with Crippen molar-refractivity contribution in [2.45, 2.75) is 50.3 Å². The van der Waals surface area contributed by atoms with E-state index >= 15 is 0 Å². The van der Waals surface area contributed by atoms with Crippen LogP contribution in [0.1, 0.15) is 51.0 Å². The molecule has 0 radical (unpaired) electrons. The van der Waals surface area contributed by atoms with Gasteiger partial charge in [-0.3, -0.25) is 4.39 Å². The van der Waals surface area contributed by atoms with Crippen LogP contribution in [0.3, 0.4) is 0 Å². The van der Waals surface area contributed by atoms with E-state index in [1.165, 1.54) is 35.0 Å². The van der Waals surface area contributed by atoms with Crippen LogP contribution in [0, 0.1) is 0 Å². The summed E-state index contributed by atoms with van der Waals surface area (Å²) in [5, 5.41) is 0. The lowest BCUT2D eigenvalue weighted by molar-refractivity contribution is -0.0228. The van der Waals surface area contributed by atoms with Gasteiger partial charge in [-0.05, 0) is 37.6 Å². The van der Waals surface area contributed by atoms with E-state index in [0.717, 1.165) is 6.26 Å². The van der Waals surface area contributed by atoms with Crippen molar-refractivity contribution in [1.82, 2.24) is 9.55 Å². The van der Waals surface area contributed by atoms with Gasteiger partial charge in [-0.15, -0.1) is 6.58 Å². The van der Waals surface area contributed by atoms with Crippen LogP contribution in [0.2, 0.25) is 0 Å². The quantitative estimate of drug-likeness (QED) is 0.448. The molecule has 0 spiro atoms. The van der Waals surface area contributed by atoms with Crippen molar-refractivity contribution in [2.75, 3.05) is 12.9 Å². The number of rotatable bonds is 9. The van der Waals surface area contributed by atoms with Crippen LogP contribution in [0.15, 0.2) is 60.2 Å². The van der Waals surface area contributed by atoms with E-state index in [4.69, 9.17) is 0 Å². The Morgan fingerprint density at radius 3 is 2.30 bits per heavy atom. The van der Waals surface area contributed by atoms with Crippen molar-refractivity contribution in [3.05, 3.63) is 66.8 Å². The van der Waals surface area contributed by atoms with Gasteiger partial charge in [0, 0.05) is 30.5 Å². The number of benzene rings is 1. The molecule has 2 rings (SSSR count). The number of hydrogen-bond acceptors (Lipinski definition) is 3. The van der Waals surface area contributed by atoms with Crippen LogP contribution >= 0.6 is 0 Å². The zero-order chi connectivity index (χ0) is 22.9. The normalized spacial score (nSPS) is 13.0. The summed E-state index contributed by atoms with van der Waals surface area (Å²) in [6, 6.07) is 5.87. The van der Waals surface area contributed by atoms with E-state index in [1.54, 1.807) is 12.2 Å². The maximum absolute atomic E-state index is 14.3. The predicted molar refractivity (Wildman–Crippen MR) is 115 cm³/mol. The summed E-state index contributed by atoms with van der Waals surface area (Å²) in [6.45, 7) is 8.34. The third kappa shape index (κ3) is 6.32. The Labute approximate surface area is 177 Å². The summed E-state index contributed by atoms with van der Waals surface area (Å²) in [7, 11) is -3.38. The molecule has 2 aromatic rings. The van der Waals surface area contributed by atoms with Crippen LogP contribution in [0.4, 0.5) is 13.2 Å². The van der Waals surface area contributed by atoms with Crippen molar-refractivity contribution in [2.24, 2.45) is 0 Å². The van der Waals surface area contributed by atoms with Gasteiger partial charge in [0.25, 0.3) is 5.92 Å². The average Bonchev–Trinajstić information content (AvgIpc) is 3.15. The number of alkyl halides is 3. The first-order chi connectivity index (χ1) is 14.1. The first-order valence-electron chi connectivity index (χ1n) is 9.71. The molecule has 1 aromatic carbocycles. The van der Waals surface area contributed by atoms with Gasteiger partial charge < -0.3 is 4.57 Å². The molecule has 8 heteroatoms. The molecule has 0 aliphatic heterocycles. The molecule has 0 saturated carbocycles. The van der Waals surface area contributed by atoms with Crippen LogP contribution in [0.5, 0.6) is 0 Å². The SMILES string of the molecule is C=CCC(/C=C\C)c1nc(C(F)(F)CCF)cn1-c1ccc(S(C)(=O)=O)cc1.CC. The Morgan fingerprint density at radius 2 is 1.83 bits per heavy atom. The second-order valence-electron chi connectivity index (χ2n) is 6.42. The van der Waals surface area contributed by atoms with E-state index in [2.05, 4.69) is 11.6 Å². The summed E-state index contributed by atoms with van der Waals surface area (Å²) < 4.78 is 65.9. The highest BCUT2D eigenvalue weighted by molar-refractivity contribution is 7.90. The minimum atomic E-state index is -3.41. The van der Waals surface area contributed by atoms with Gasteiger partial charge >= 0.3 is 0 Å². The fourth-order valence-corrected chi connectivity index (χ4v) is 3.45. The molecule has 0 amide bonds. The standard InChI is InChI=1S/C20H23F3N2O2S.C2H6/c1-4-6-15(7-5-2)19-24-18(20(22,23)12-13-21)14-25(19)16-8-10-17(11-9-16)28(3,26)27;1-2/h4-5,7-11,14-15H,1,6,12-13H2,2-3H3;1-2H3/b7-5-;. The lowest BCUT2D eigenvalue weighted by atomic mass is 10.0. The minimum Gasteiger partial charge on any atom is -0.303 e. The Balaban J connectivity index is 0.00000218. The minimum absolute atomic E-state index is 0.122. The molecular weight excluding hydrogens is 413 g/mol. The number of sulfone groups is 1. The highest BCUT2D eigenvalue weighted by atomic mass is 32.2. The van der Waals surface area contributed by atoms with Crippen LogP contribution in [0.25, 0.3) is 5.69 Å². The second-order valence-corrected chi connectivity index (χ2v) is 8.44. The first kappa shape index (κ1) is 25.7. The van der Waals surface area contributed by atoms with Gasteiger partial charge in [-0.25, -0.2) is 13.4 Å². The number of nitrogens with zero attached hydrogens (tertiary/aromatic N) is 2. The lowest BCUT2D eigenvalue weighted by Crippen LogP contribution is -2.15. The second kappa shape index (κ2) is 11.2. The third-order valence-electron chi connectivity index (χ3n) is 4.24. The summed E-state index contributed by atoms with van der Waals surface area (Å²) in [5.74, 6) is -3.37. The molecule has 0 saturated heterocycles. The van der Waals surface area contributed by atoms with Crippen LogP contribution in [-0.4, -0.2) is 30.9 Å². The molecule has 0 fully saturated rings. The molecule has 1 unspecified atom stereocenters. The third-order valence-corrected chi connectivity index (χ3v) is 5.36. The molecule has 166 valence electrons. The molecule has 4 nitrogen and oxygen atoms in total. The molecule has 1 atom stereocenters. The zero-order valence-electron chi connectivity index (χ0n) is 17.8. The lowest BCUT2D eigenvalue weighted by Gasteiger charge is -2.14. The van der Waals surface area contributed by atoms with Crippen molar-refractivity contribution in [3.8, 4) is 5.69 Å². The molecule has 1 aromatic heterocycles. The van der Waals surface area contributed by atoms with Gasteiger partial charge in [-0.2, -0.15) is 8.78 Å². The molecule has 0 aliphatic carbocycles. The van der Waals surface area contributed by atoms with Crippen molar-refractivity contribution in [3.63, 3.8) is 0 Å². The Bertz CT molecular complexity index is 949. The molecule has 30 heavy (non-hydrogen) atoms. The summed E-state index contributed by atoms with van der Waals surface area (Å²) in [4.78, 5) is 4.24. The Kier molecular flexibility index (Phi) is 9.55. The number of hydrogen-bond donors (Lipinski definition) is 0. The molecule has 0 bridgehead atoms. The smallest absolute Gasteiger partial charge is 0.293 e. The molecular formula is C22H29F3N2O2S. The van der Waals surface area contributed by atoms with Crippen molar-refractivity contribution in [1.29, 1.82) is 0 Å². The van der Waals surface area contributed by atoms with E-state index in [1.807, 2.05) is 26.8 Å². The van der Waals surface area contributed by atoms with Crippen molar-refractivity contribution >= 4 is 9.84 Å². The fraction of sp³-hybridized carbons (Fsp3) is 0.409. The van der Waals surface area contributed by atoms with E-state index in [-0.39, 0.29) is 10.8 Å². The van der Waals surface area contributed by atoms with Gasteiger partial charge in [0.05, 0.1) is 11.6 Å². The number of imidazole rings is 1. The molecule has 1 heterocycles. The van der Waals surface area contributed by atoms with E-state index in [0.29, 0.717) is 17.9 Å². The van der Waals surface area contributed by atoms with E-state index < -0.39 is 34.5 Å². The Hall–Kier alpha value is -2.35. The fourth-order valence-electron chi connectivity index (χ4n) is 2.82. The number of halogens is 3. The average molecular weight is 443 g/mol. The molecule has 0 N–H and O–H groups in total. The van der Waals surface area contributed by atoms with Gasteiger partial charge in [0.15, 0.2) is 9.84 Å². The van der Waals surface area contributed by atoms with E-state index in [9.17, 15) is 21.6 Å².